The van der Waals surface area contributed by atoms with Crippen LogP contribution in [-0.4, -0.2) is 66.0 Å². The molecule has 2 aromatic rings. The van der Waals surface area contributed by atoms with E-state index in [0.29, 0.717) is 34.5 Å². The standard InChI is InChI=1S/C23H30ClFN6O/c1-16(32)28-19-13-21(24)23(27-14-19)31-10-8-30(9-11-31)20-4-6-29(7-5-20)15-17-2-3-18(26)12-22(17)25/h2-3,12-14,20H,4-11,15,26H2,1H3,(H,28,32). The average Bonchev–Trinajstić information content (AvgIpc) is 2.76. The van der Waals surface area contributed by atoms with Gasteiger partial charge in [-0.15, -0.1) is 0 Å². The van der Waals surface area contributed by atoms with Gasteiger partial charge in [-0.2, -0.15) is 0 Å². The lowest BCUT2D eigenvalue weighted by Crippen LogP contribution is -2.53. The number of anilines is 3. The lowest BCUT2D eigenvalue weighted by atomic mass is 10.0. The first-order valence-corrected chi connectivity index (χ1v) is 11.5. The maximum Gasteiger partial charge on any atom is 0.221 e. The molecule has 2 aliphatic rings. The molecule has 3 N–H and O–H groups in total. The van der Waals surface area contributed by atoms with Crippen LogP contribution in [-0.2, 0) is 11.3 Å². The Labute approximate surface area is 193 Å². The van der Waals surface area contributed by atoms with E-state index in [1.165, 1.54) is 13.0 Å². The van der Waals surface area contributed by atoms with Crippen molar-refractivity contribution in [1.82, 2.24) is 14.8 Å². The maximum atomic E-state index is 14.1. The van der Waals surface area contributed by atoms with Gasteiger partial charge in [0.15, 0.2) is 0 Å². The van der Waals surface area contributed by atoms with E-state index < -0.39 is 0 Å². The van der Waals surface area contributed by atoms with Crippen molar-refractivity contribution < 1.29 is 9.18 Å². The minimum atomic E-state index is -0.222. The molecule has 32 heavy (non-hydrogen) atoms. The monoisotopic (exact) mass is 460 g/mol. The lowest BCUT2D eigenvalue weighted by molar-refractivity contribution is -0.114. The molecule has 2 fully saturated rings. The molecule has 2 saturated heterocycles. The zero-order valence-electron chi connectivity index (χ0n) is 18.4. The van der Waals surface area contributed by atoms with E-state index in [-0.39, 0.29) is 11.7 Å². The fraction of sp³-hybridized carbons (Fsp3) is 0.478. The first-order valence-electron chi connectivity index (χ1n) is 11.1. The third-order valence-electron chi connectivity index (χ3n) is 6.30. The van der Waals surface area contributed by atoms with Gasteiger partial charge in [-0.05, 0) is 44.1 Å². The van der Waals surface area contributed by atoms with E-state index in [1.807, 2.05) is 0 Å². The summed E-state index contributed by atoms with van der Waals surface area (Å²) >= 11 is 6.43. The van der Waals surface area contributed by atoms with Crippen molar-refractivity contribution in [2.75, 3.05) is 55.2 Å². The normalized spacial score (nSPS) is 18.7. The van der Waals surface area contributed by atoms with E-state index in [1.54, 1.807) is 24.4 Å². The highest BCUT2D eigenvalue weighted by Gasteiger charge is 2.28. The van der Waals surface area contributed by atoms with Crippen LogP contribution in [0.1, 0.15) is 25.3 Å². The number of hydrogen-bond donors (Lipinski definition) is 2. The summed E-state index contributed by atoms with van der Waals surface area (Å²) in [5, 5.41) is 3.26. The van der Waals surface area contributed by atoms with Crippen LogP contribution in [0, 0.1) is 5.82 Å². The summed E-state index contributed by atoms with van der Waals surface area (Å²) in [4.78, 5) is 22.8. The Morgan fingerprint density at radius 1 is 1.19 bits per heavy atom. The number of nitrogens with zero attached hydrogens (tertiary/aromatic N) is 4. The highest BCUT2D eigenvalue weighted by molar-refractivity contribution is 6.33. The number of aromatic nitrogens is 1. The van der Waals surface area contributed by atoms with Crippen molar-refractivity contribution in [1.29, 1.82) is 0 Å². The first kappa shape index (κ1) is 22.8. The van der Waals surface area contributed by atoms with Crippen LogP contribution in [0.4, 0.5) is 21.6 Å². The van der Waals surface area contributed by atoms with Crippen molar-refractivity contribution in [3.63, 3.8) is 0 Å². The zero-order valence-corrected chi connectivity index (χ0v) is 19.1. The van der Waals surface area contributed by atoms with Crippen LogP contribution in [0.3, 0.4) is 0 Å². The second kappa shape index (κ2) is 10.0. The number of nitrogens with two attached hydrogens (primary N) is 1. The Kier molecular flexibility index (Phi) is 7.13. The minimum Gasteiger partial charge on any atom is -0.399 e. The zero-order chi connectivity index (χ0) is 22.7. The van der Waals surface area contributed by atoms with Crippen LogP contribution in [0.25, 0.3) is 0 Å². The number of amides is 1. The molecule has 0 saturated carbocycles. The Hall–Kier alpha value is -2.42. The number of rotatable bonds is 5. The fourth-order valence-electron chi connectivity index (χ4n) is 4.61. The fourth-order valence-corrected chi connectivity index (χ4v) is 4.90. The first-order chi connectivity index (χ1) is 15.4. The molecular weight excluding hydrogens is 431 g/mol. The molecule has 0 unspecified atom stereocenters. The Bertz CT molecular complexity index is 957. The molecule has 0 aliphatic carbocycles. The van der Waals surface area contributed by atoms with Gasteiger partial charge in [0.05, 0.1) is 16.9 Å². The van der Waals surface area contributed by atoms with Gasteiger partial charge in [-0.25, -0.2) is 9.37 Å². The predicted octanol–water partition coefficient (Wildman–Crippen LogP) is 3.20. The van der Waals surface area contributed by atoms with Crippen LogP contribution < -0.4 is 16.0 Å². The Balaban J connectivity index is 1.26. The average molecular weight is 461 g/mol. The Morgan fingerprint density at radius 3 is 2.53 bits per heavy atom. The maximum absolute atomic E-state index is 14.1. The van der Waals surface area contributed by atoms with Gasteiger partial charge in [0.25, 0.3) is 0 Å². The summed E-state index contributed by atoms with van der Waals surface area (Å²) in [6.07, 6.45) is 3.82. The molecule has 0 radical (unpaired) electrons. The van der Waals surface area contributed by atoms with Gasteiger partial charge in [-0.3, -0.25) is 14.6 Å². The lowest BCUT2D eigenvalue weighted by Gasteiger charge is -2.43. The summed E-state index contributed by atoms with van der Waals surface area (Å²) in [6.45, 7) is 7.67. The molecule has 9 heteroatoms. The van der Waals surface area contributed by atoms with E-state index in [0.717, 1.165) is 57.9 Å². The molecule has 7 nitrogen and oxygen atoms in total. The van der Waals surface area contributed by atoms with Gasteiger partial charge < -0.3 is 16.0 Å². The summed E-state index contributed by atoms with van der Waals surface area (Å²) < 4.78 is 14.1. The molecule has 0 atom stereocenters. The molecular formula is C23H30ClFN6O. The number of piperidine rings is 1. The van der Waals surface area contributed by atoms with E-state index in [4.69, 9.17) is 17.3 Å². The van der Waals surface area contributed by atoms with Gasteiger partial charge in [0.1, 0.15) is 11.6 Å². The van der Waals surface area contributed by atoms with E-state index in [2.05, 4.69) is 25.0 Å². The van der Waals surface area contributed by atoms with Crippen LogP contribution in [0.15, 0.2) is 30.5 Å². The minimum absolute atomic E-state index is 0.145. The number of likely N-dealkylation sites (tertiary alicyclic amines) is 1. The largest absolute Gasteiger partial charge is 0.399 e. The van der Waals surface area contributed by atoms with E-state index in [9.17, 15) is 9.18 Å². The summed E-state index contributed by atoms with van der Waals surface area (Å²) in [5.41, 5.74) is 7.43. The molecule has 1 aromatic carbocycles. The number of carbonyl (C=O) groups excluding carboxylic acids is 1. The summed E-state index contributed by atoms with van der Waals surface area (Å²) in [7, 11) is 0. The quantitative estimate of drug-likeness (QED) is 0.667. The number of halogens is 2. The summed E-state index contributed by atoms with van der Waals surface area (Å²) in [5.74, 6) is 0.398. The second-order valence-electron chi connectivity index (χ2n) is 8.59. The topological polar surface area (TPSA) is 77.7 Å². The third-order valence-corrected chi connectivity index (χ3v) is 6.58. The van der Waals surface area contributed by atoms with Crippen LogP contribution >= 0.6 is 11.6 Å². The number of nitrogens with one attached hydrogen (secondary N) is 1. The van der Waals surface area contributed by atoms with Crippen molar-refractivity contribution >= 4 is 34.7 Å². The molecule has 0 spiro atoms. The number of carbonyl (C=O) groups is 1. The van der Waals surface area contributed by atoms with Crippen molar-refractivity contribution in [3.05, 3.63) is 46.9 Å². The van der Waals surface area contributed by atoms with Crippen molar-refractivity contribution in [2.24, 2.45) is 0 Å². The number of piperazine rings is 1. The summed E-state index contributed by atoms with van der Waals surface area (Å²) in [6, 6.07) is 7.25. The highest BCUT2D eigenvalue weighted by atomic mass is 35.5. The van der Waals surface area contributed by atoms with Crippen LogP contribution in [0.2, 0.25) is 5.02 Å². The van der Waals surface area contributed by atoms with Gasteiger partial charge >= 0.3 is 0 Å². The third kappa shape index (κ3) is 5.49. The molecule has 2 aliphatic heterocycles. The van der Waals surface area contributed by atoms with Gasteiger partial charge in [-0.1, -0.05) is 17.7 Å². The molecule has 0 bridgehead atoms. The Morgan fingerprint density at radius 2 is 1.91 bits per heavy atom. The smallest absolute Gasteiger partial charge is 0.221 e. The molecule has 172 valence electrons. The second-order valence-corrected chi connectivity index (χ2v) is 9.00. The number of benzene rings is 1. The molecule has 1 aromatic heterocycles. The number of pyridine rings is 1. The molecule has 1 amide bonds. The molecule has 4 rings (SSSR count). The van der Waals surface area contributed by atoms with E-state index >= 15 is 0 Å². The van der Waals surface area contributed by atoms with Gasteiger partial charge in [0, 0.05) is 56.9 Å². The number of hydrogen-bond acceptors (Lipinski definition) is 6. The number of nitrogen functional groups attached to an aromatic ring is 1. The predicted molar refractivity (Wildman–Crippen MR) is 126 cm³/mol. The molecule has 3 heterocycles. The SMILES string of the molecule is CC(=O)Nc1cnc(N2CCN(C3CCN(Cc4ccc(N)cc4F)CC3)CC2)c(Cl)c1. The van der Waals surface area contributed by atoms with Crippen molar-refractivity contribution in [3.8, 4) is 0 Å². The van der Waals surface area contributed by atoms with Crippen molar-refractivity contribution in [2.45, 2.75) is 32.4 Å². The van der Waals surface area contributed by atoms with Crippen LogP contribution in [0.5, 0.6) is 0 Å². The highest BCUT2D eigenvalue weighted by Crippen LogP contribution is 2.28. The van der Waals surface area contributed by atoms with Gasteiger partial charge in [0.2, 0.25) is 5.91 Å².